The highest BCUT2D eigenvalue weighted by Crippen LogP contribution is 2.38. The van der Waals surface area contributed by atoms with Gasteiger partial charge < -0.3 is 0 Å². The van der Waals surface area contributed by atoms with E-state index in [-0.39, 0.29) is 5.41 Å². The highest BCUT2D eigenvalue weighted by molar-refractivity contribution is 6.08. The van der Waals surface area contributed by atoms with Crippen LogP contribution in [0, 0.1) is 11.3 Å². The molecule has 0 atom stereocenters. The van der Waals surface area contributed by atoms with Crippen molar-refractivity contribution < 1.29 is 0 Å². The zero-order valence-electron chi connectivity index (χ0n) is 12.1. The molecular formula is C19H17N. The van der Waals surface area contributed by atoms with E-state index < -0.39 is 0 Å². The summed E-state index contributed by atoms with van der Waals surface area (Å²) in [6, 6.07) is 18.9. The molecule has 0 radical (unpaired) electrons. The molecule has 0 saturated carbocycles. The van der Waals surface area contributed by atoms with Crippen LogP contribution in [-0.2, 0) is 5.41 Å². The van der Waals surface area contributed by atoms with Crippen molar-refractivity contribution in [1.29, 1.82) is 5.26 Å². The van der Waals surface area contributed by atoms with Crippen molar-refractivity contribution in [2.75, 3.05) is 0 Å². The van der Waals surface area contributed by atoms with Gasteiger partial charge in [-0.15, -0.1) is 0 Å². The van der Waals surface area contributed by atoms with Crippen LogP contribution in [0.25, 0.3) is 21.5 Å². The van der Waals surface area contributed by atoms with Crippen molar-refractivity contribution in [3.05, 3.63) is 59.7 Å². The fourth-order valence-corrected chi connectivity index (χ4v) is 3.06. The average Bonchev–Trinajstić information content (AvgIpc) is 2.43. The first kappa shape index (κ1) is 12.7. The van der Waals surface area contributed by atoms with E-state index in [0.717, 1.165) is 16.3 Å². The molecule has 3 aromatic rings. The van der Waals surface area contributed by atoms with Crippen molar-refractivity contribution in [3.8, 4) is 6.07 Å². The van der Waals surface area contributed by atoms with Crippen LogP contribution < -0.4 is 0 Å². The molecule has 1 heteroatoms. The van der Waals surface area contributed by atoms with E-state index in [1.54, 1.807) is 0 Å². The van der Waals surface area contributed by atoms with Crippen LogP contribution in [0.2, 0.25) is 0 Å². The quantitative estimate of drug-likeness (QED) is 0.511. The van der Waals surface area contributed by atoms with Gasteiger partial charge in [0, 0.05) is 10.8 Å². The van der Waals surface area contributed by atoms with Crippen molar-refractivity contribution in [3.63, 3.8) is 0 Å². The van der Waals surface area contributed by atoms with Gasteiger partial charge in [0.1, 0.15) is 6.07 Å². The van der Waals surface area contributed by atoms with Crippen LogP contribution in [0.15, 0.2) is 48.5 Å². The first-order valence-corrected chi connectivity index (χ1v) is 6.88. The van der Waals surface area contributed by atoms with E-state index in [4.69, 9.17) is 0 Å². The molecule has 0 aliphatic carbocycles. The maximum Gasteiger partial charge on any atom is 0.100 e. The molecule has 20 heavy (non-hydrogen) atoms. The summed E-state index contributed by atoms with van der Waals surface area (Å²) in [4.78, 5) is 0. The second kappa shape index (κ2) is 4.35. The third-order valence-electron chi connectivity index (χ3n) is 3.79. The summed E-state index contributed by atoms with van der Waals surface area (Å²) in [6.07, 6.45) is 0. The second-order valence-electron chi connectivity index (χ2n) is 6.20. The van der Waals surface area contributed by atoms with E-state index in [0.29, 0.717) is 0 Å². The lowest BCUT2D eigenvalue weighted by Crippen LogP contribution is -2.13. The number of nitriles is 1. The molecule has 0 saturated heterocycles. The third kappa shape index (κ3) is 1.77. The van der Waals surface area contributed by atoms with Gasteiger partial charge in [-0.05, 0) is 21.8 Å². The molecule has 0 heterocycles. The van der Waals surface area contributed by atoms with Crippen LogP contribution in [0.3, 0.4) is 0 Å². The van der Waals surface area contributed by atoms with Crippen LogP contribution >= 0.6 is 0 Å². The summed E-state index contributed by atoms with van der Waals surface area (Å²) in [5.41, 5.74) is 2.14. The third-order valence-corrected chi connectivity index (χ3v) is 3.79. The minimum atomic E-state index is 0.0349. The molecule has 1 nitrogen and oxygen atoms in total. The normalized spacial score (nSPS) is 11.7. The van der Waals surface area contributed by atoms with Gasteiger partial charge in [0.2, 0.25) is 0 Å². The summed E-state index contributed by atoms with van der Waals surface area (Å²) in [6.45, 7) is 6.69. The fraction of sp³-hybridized carbons (Fsp3) is 0.211. The monoisotopic (exact) mass is 259 g/mol. The standard InChI is InChI=1S/C19H17N/c1-19(2,3)18-15-10-6-4-8-13(15)17(12-20)14-9-5-7-11-16(14)18/h4-11H,1-3H3. The maximum atomic E-state index is 9.58. The van der Waals surface area contributed by atoms with Crippen molar-refractivity contribution >= 4 is 21.5 Å². The van der Waals surface area contributed by atoms with Gasteiger partial charge in [-0.1, -0.05) is 69.3 Å². The zero-order chi connectivity index (χ0) is 14.3. The van der Waals surface area contributed by atoms with Crippen LogP contribution in [-0.4, -0.2) is 0 Å². The van der Waals surface area contributed by atoms with Gasteiger partial charge in [-0.3, -0.25) is 0 Å². The summed E-state index contributed by atoms with van der Waals surface area (Å²) < 4.78 is 0. The number of nitrogens with zero attached hydrogens (tertiary/aromatic N) is 1. The van der Waals surface area contributed by atoms with E-state index in [9.17, 15) is 5.26 Å². The lowest BCUT2D eigenvalue weighted by atomic mass is 9.79. The Morgan fingerprint density at radius 3 is 1.50 bits per heavy atom. The molecule has 0 aliphatic heterocycles. The van der Waals surface area contributed by atoms with Crippen LogP contribution in [0.1, 0.15) is 31.9 Å². The molecule has 0 aromatic heterocycles. The Labute approximate surface area is 119 Å². The van der Waals surface area contributed by atoms with Gasteiger partial charge in [0.05, 0.1) is 5.56 Å². The Bertz CT molecular complexity index is 788. The smallest absolute Gasteiger partial charge is 0.100 e. The molecule has 3 rings (SSSR count). The molecule has 3 aromatic carbocycles. The molecule has 0 spiro atoms. The predicted octanol–water partition coefficient (Wildman–Crippen LogP) is 5.16. The van der Waals surface area contributed by atoms with Gasteiger partial charge in [0.25, 0.3) is 0 Å². The van der Waals surface area contributed by atoms with E-state index in [1.807, 2.05) is 24.3 Å². The van der Waals surface area contributed by atoms with Gasteiger partial charge in [0.15, 0.2) is 0 Å². The highest BCUT2D eigenvalue weighted by Gasteiger charge is 2.22. The molecule has 0 unspecified atom stereocenters. The largest absolute Gasteiger partial charge is 0.192 e. The summed E-state index contributed by atoms with van der Waals surface area (Å²) in [5, 5.41) is 14.1. The predicted molar refractivity (Wildman–Crippen MR) is 84.9 cm³/mol. The number of hydrogen-bond donors (Lipinski definition) is 0. The van der Waals surface area contributed by atoms with Gasteiger partial charge in [-0.2, -0.15) is 5.26 Å². The molecule has 0 fully saturated rings. The number of hydrogen-bond acceptors (Lipinski definition) is 1. The molecule has 0 aliphatic rings. The van der Waals surface area contributed by atoms with Crippen LogP contribution in [0.5, 0.6) is 0 Å². The zero-order valence-corrected chi connectivity index (χ0v) is 12.1. The summed E-state index contributed by atoms with van der Waals surface area (Å²) >= 11 is 0. The first-order chi connectivity index (χ1) is 9.54. The van der Waals surface area contributed by atoms with Crippen molar-refractivity contribution in [2.24, 2.45) is 0 Å². The number of rotatable bonds is 0. The Kier molecular flexibility index (Phi) is 2.76. The molecular weight excluding hydrogens is 242 g/mol. The minimum absolute atomic E-state index is 0.0349. The molecule has 0 N–H and O–H groups in total. The van der Waals surface area contributed by atoms with E-state index >= 15 is 0 Å². The molecule has 0 amide bonds. The second-order valence-corrected chi connectivity index (χ2v) is 6.20. The Morgan fingerprint density at radius 2 is 1.15 bits per heavy atom. The summed E-state index contributed by atoms with van der Waals surface area (Å²) in [7, 11) is 0. The molecule has 98 valence electrons. The Balaban J connectivity index is 2.68. The van der Waals surface area contributed by atoms with Crippen molar-refractivity contribution in [2.45, 2.75) is 26.2 Å². The molecule has 0 bridgehead atoms. The van der Waals surface area contributed by atoms with Crippen molar-refractivity contribution in [1.82, 2.24) is 0 Å². The topological polar surface area (TPSA) is 23.8 Å². The number of benzene rings is 3. The summed E-state index contributed by atoms with van der Waals surface area (Å²) in [5.74, 6) is 0. The van der Waals surface area contributed by atoms with E-state index in [1.165, 1.54) is 16.3 Å². The minimum Gasteiger partial charge on any atom is -0.192 e. The lowest BCUT2D eigenvalue weighted by molar-refractivity contribution is 0.601. The maximum absolute atomic E-state index is 9.58. The fourth-order valence-electron chi connectivity index (χ4n) is 3.06. The SMILES string of the molecule is CC(C)(C)c1c2ccccc2c(C#N)c2ccccc12. The van der Waals surface area contributed by atoms with Crippen LogP contribution in [0.4, 0.5) is 0 Å². The highest BCUT2D eigenvalue weighted by atomic mass is 14.3. The first-order valence-electron chi connectivity index (χ1n) is 6.88. The average molecular weight is 259 g/mol. The van der Waals surface area contributed by atoms with E-state index in [2.05, 4.69) is 51.1 Å². The van der Waals surface area contributed by atoms with Gasteiger partial charge >= 0.3 is 0 Å². The Hall–Kier alpha value is -2.33. The Morgan fingerprint density at radius 1 is 0.750 bits per heavy atom. The number of fused-ring (bicyclic) bond motifs is 2. The lowest BCUT2D eigenvalue weighted by Gasteiger charge is -2.24. The van der Waals surface area contributed by atoms with Gasteiger partial charge in [-0.25, -0.2) is 0 Å².